The Kier molecular flexibility index (Phi) is 6.77. The van der Waals surface area contributed by atoms with Crippen LogP contribution >= 0.6 is 0 Å². The monoisotopic (exact) mass is 338 g/mol. The molecule has 0 radical (unpaired) electrons. The van der Waals surface area contributed by atoms with Crippen LogP contribution in [0.2, 0.25) is 0 Å². The maximum Gasteiger partial charge on any atom is 0.431 e. The first kappa shape index (κ1) is 19.8. The molecule has 0 aliphatic rings. The molecule has 6 nitrogen and oxygen atoms in total. The molecule has 0 spiro atoms. The summed E-state index contributed by atoms with van der Waals surface area (Å²) in [5.41, 5.74) is 0.106. The molecule has 0 unspecified atom stereocenters. The fourth-order valence-corrected chi connectivity index (χ4v) is 1.43. The molecule has 0 aromatic rings. The third-order valence-electron chi connectivity index (χ3n) is 2.12. The van der Waals surface area contributed by atoms with E-state index < -0.39 is 40.3 Å². The van der Waals surface area contributed by atoms with Crippen LogP contribution in [-0.2, 0) is 24.4 Å². The Labute approximate surface area is 118 Å². The van der Waals surface area contributed by atoms with Gasteiger partial charge in [0.15, 0.2) is 0 Å². The third kappa shape index (κ3) is 5.59. The van der Waals surface area contributed by atoms with E-state index in [1.54, 1.807) is 0 Å². The van der Waals surface area contributed by atoms with Crippen LogP contribution in [-0.4, -0.2) is 49.9 Å². The van der Waals surface area contributed by atoms with Gasteiger partial charge in [-0.3, -0.25) is 4.55 Å². The Morgan fingerprint density at radius 2 is 1.71 bits per heavy atom. The van der Waals surface area contributed by atoms with Crippen molar-refractivity contribution in [3.8, 4) is 0 Å². The third-order valence-corrected chi connectivity index (χ3v) is 3.07. The van der Waals surface area contributed by atoms with Gasteiger partial charge >= 0.3 is 27.3 Å². The first-order valence-electron chi connectivity index (χ1n) is 5.46. The highest BCUT2D eigenvalue weighted by atomic mass is 32.2. The predicted molar refractivity (Wildman–Crippen MR) is 62.7 cm³/mol. The minimum Gasteiger partial charge on any atom is -0.460 e. The zero-order valence-corrected chi connectivity index (χ0v) is 11.8. The van der Waals surface area contributed by atoms with Crippen molar-refractivity contribution in [1.82, 2.24) is 0 Å². The van der Waals surface area contributed by atoms with Crippen molar-refractivity contribution in [1.29, 1.82) is 0 Å². The molecule has 0 amide bonds. The molecule has 0 bridgehead atoms. The molecule has 0 rings (SSSR count). The molecule has 0 heterocycles. The number of rotatable bonds is 9. The minimum atomic E-state index is -6.25. The zero-order chi connectivity index (χ0) is 16.9. The van der Waals surface area contributed by atoms with Crippen molar-refractivity contribution in [3.05, 3.63) is 12.2 Å². The summed E-state index contributed by atoms with van der Waals surface area (Å²) in [6.07, 6.45) is -1.64. The molecule has 0 saturated carbocycles. The van der Waals surface area contributed by atoms with E-state index in [2.05, 4.69) is 16.1 Å². The van der Waals surface area contributed by atoms with Crippen LogP contribution in [0.25, 0.3) is 0 Å². The van der Waals surface area contributed by atoms with E-state index in [-0.39, 0.29) is 18.8 Å². The van der Waals surface area contributed by atoms with Crippen molar-refractivity contribution >= 4 is 16.1 Å². The highest BCUT2D eigenvalue weighted by molar-refractivity contribution is 7.87. The lowest BCUT2D eigenvalue weighted by Crippen LogP contribution is -2.47. The first-order chi connectivity index (χ1) is 9.33. The normalized spacial score (nSPS) is 13.0. The largest absolute Gasteiger partial charge is 0.460 e. The van der Waals surface area contributed by atoms with Crippen LogP contribution in [0.1, 0.15) is 13.3 Å². The lowest BCUT2D eigenvalue weighted by atomic mass is 10.2. The van der Waals surface area contributed by atoms with Crippen LogP contribution in [0.15, 0.2) is 12.2 Å². The summed E-state index contributed by atoms with van der Waals surface area (Å²) in [6.45, 7) is 3.05. The Hall–Kier alpha value is -1.20. The molecule has 0 aliphatic heterocycles. The van der Waals surface area contributed by atoms with E-state index >= 15 is 0 Å². The molecule has 0 aromatic heterocycles. The number of halogens is 4. The van der Waals surface area contributed by atoms with Crippen LogP contribution in [0.3, 0.4) is 0 Å². The summed E-state index contributed by atoms with van der Waals surface area (Å²) in [6, 6.07) is 0. The molecule has 0 aliphatic carbocycles. The summed E-state index contributed by atoms with van der Waals surface area (Å²) >= 11 is 0. The molecule has 0 saturated heterocycles. The topological polar surface area (TPSA) is 89.9 Å². The molecular weight excluding hydrogens is 324 g/mol. The molecule has 11 heteroatoms. The van der Waals surface area contributed by atoms with Gasteiger partial charge in [0.25, 0.3) is 0 Å². The molecule has 0 aromatic carbocycles. The number of ether oxygens (including phenoxy) is 2. The number of carbonyl (C=O) groups excluding carboxylic acids is 1. The minimum absolute atomic E-state index is 0.106. The Morgan fingerprint density at radius 3 is 2.14 bits per heavy atom. The summed E-state index contributed by atoms with van der Waals surface area (Å²) < 4.78 is 88.9. The second kappa shape index (κ2) is 7.18. The van der Waals surface area contributed by atoms with Crippen LogP contribution in [0.5, 0.6) is 0 Å². The zero-order valence-electron chi connectivity index (χ0n) is 10.9. The smallest absolute Gasteiger partial charge is 0.431 e. The quantitative estimate of drug-likeness (QED) is 0.226. The predicted octanol–water partition coefficient (Wildman–Crippen LogP) is 1.63. The van der Waals surface area contributed by atoms with Crippen LogP contribution < -0.4 is 0 Å². The van der Waals surface area contributed by atoms with Gasteiger partial charge in [-0.1, -0.05) is 6.58 Å². The molecule has 1 N–H and O–H groups in total. The van der Waals surface area contributed by atoms with E-state index in [1.807, 2.05) is 0 Å². The van der Waals surface area contributed by atoms with E-state index in [0.717, 1.165) is 0 Å². The first-order valence-corrected chi connectivity index (χ1v) is 6.90. The van der Waals surface area contributed by atoms with Gasteiger partial charge in [0.1, 0.15) is 6.61 Å². The Balaban J connectivity index is 4.18. The highest BCUT2D eigenvalue weighted by Gasteiger charge is 2.65. The number of hydrogen-bond acceptors (Lipinski definition) is 5. The van der Waals surface area contributed by atoms with Gasteiger partial charge in [-0.2, -0.15) is 26.0 Å². The van der Waals surface area contributed by atoms with Gasteiger partial charge in [-0.05, 0) is 6.92 Å². The highest BCUT2D eigenvalue weighted by Crippen LogP contribution is 2.40. The van der Waals surface area contributed by atoms with Gasteiger partial charge < -0.3 is 9.47 Å². The van der Waals surface area contributed by atoms with Crippen molar-refractivity contribution in [3.63, 3.8) is 0 Å². The molecule has 0 fully saturated rings. The van der Waals surface area contributed by atoms with Gasteiger partial charge in [-0.25, -0.2) is 4.79 Å². The fourth-order valence-electron chi connectivity index (χ4n) is 0.953. The number of esters is 1. The average molecular weight is 338 g/mol. The summed E-state index contributed by atoms with van der Waals surface area (Å²) in [4.78, 5) is 10.9. The van der Waals surface area contributed by atoms with Crippen molar-refractivity contribution in [2.24, 2.45) is 0 Å². The Morgan fingerprint density at radius 1 is 1.19 bits per heavy atom. The van der Waals surface area contributed by atoms with E-state index in [4.69, 9.17) is 4.55 Å². The van der Waals surface area contributed by atoms with Gasteiger partial charge in [0.05, 0.1) is 13.2 Å². The maximum atomic E-state index is 13.0. The van der Waals surface area contributed by atoms with E-state index in [1.165, 1.54) is 6.92 Å². The fraction of sp³-hybridized carbons (Fsp3) is 0.700. The van der Waals surface area contributed by atoms with E-state index in [9.17, 15) is 30.8 Å². The SMILES string of the molecule is C=C(C)C(=O)OCCOCCC(F)(F)C(F)(F)S(=O)(=O)O. The summed E-state index contributed by atoms with van der Waals surface area (Å²) in [7, 11) is -6.25. The maximum absolute atomic E-state index is 13.0. The molecule has 0 atom stereocenters. The number of hydrogen-bond donors (Lipinski definition) is 1. The Bertz CT molecular complexity index is 488. The van der Waals surface area contributed by atoms with Gasteiger partial charge in [0, 0.05) is 12.0 Å². The molecule has 21 heavy (non-hydrogen) atoms. The summed E-state index contributed by atoms with van der Waals surface area (Å²) in [5.74, 6) is -5.74. The average Bonchev–Trinajstić information content (AvgIpc) is 2.31. The second-order valence-electron chi connectivity index (χ2n) is 3.97. The lowest BCUT2D eigenvalue weighted by molar-refractivity contribution is -0.171. The molecule has 124 valence electrons. The second-order valence-corrected chi connectivity index (χ2v) is 5.44. The van der Waals surface area contributed by atoms with Gasteiger partial charge in [0.2, 0.25) is 0 Å². The number of alkyl halides is 4. The lowest BCUT2D eigenvalue weighted by Gasteiger charge is -2.23. The van der Waals surface area contributed by atoms with E-state index in [0.29, 0.717) is 0 Å². The van der Waals surface area contributed by atoms with Crippen LogP contribution in [0, 0.1) is 0 Å². The number of carbonyl (C=O) groups is 1. The van der Waals surface area contributed by atoms with Crippen molar-refractivity contribution < 1.29 is 44.8 Å². The summed E-state index contributed by atoms with van der Waals surface area (Å²) in [5, 5.41) is -5.62. The van der Waals surface area contributed by atoms with Crippen molar-refractivity contribution in [2.75, 3.05) is 19.8 Å². The van der Waals surface area contributed by atoms with Gasteiger partial charge in [-0.15, -0.1) is 0 Å². The molecular formula is C10H14F4O6S. The van der Waals surface area contributed by atoms with Crippen LogP contribution in [0.4, 0.5) is 17.6 Å². The van der Waals surface area contributed by atoms with Crippen molar-refractivity contribution in [2.45, 2.75) is 24.5 Å². The standard InChI is InChI=1S/C10H14F4O6S/c1-7(2)8(15)20-6-5-19-4-3-9(11,12)10(13,14)21(16,17)18/h1,3-6H2,2H3,(H,16,17,18).